The lowest BCUT2D eigenvalue weighted by molar-refractivity contribution is 0.0954. The SMILES string of the molecule is CCCCn1c(SCCCNC(=O)c2ccc(OC)cc2)nc(-c2ccccc2)c1-c1ccccc1. The van der Waals surface area contributed by atoms with Crippen LogP contribution in [0.15, 0.2) is 90.1 Å². The molecule has 36 heavy (non-hydrogen) atoms. The van der Waals surface area contributed by atoms with Crippen molar-refractivity contribution in [1.29, 1.82) is 0 Å². The van der Waals surface area contributed by atoms with Crippen molar-refractivity contribution in [3.8, 4) is 28.3 Å². The number of amides is 1. The van der Waals surface area contributed by atoms with E-state index >= 15 is 0 Å². The van der Waals surface area contributed by atoms with Crippen LogP contribution < -0.4 is 10.1 Å². The van der Waals surface area contributed by atoms with Gasteiger partial charge in [0, 0.05) is 35.5 Å². The van der Waals surface area contributed by atoms with E-state index < -0.39 is 0 Å². The van der Waals surface area contributed by atoms with Gasteiger partial charge in [-0.1, -0.05) is 85.8 Å². The quantitative estimate of drug-likeness (QED) is 0.169. The van der Waals surface area contributed by atoms with Crippen molar-refractivity contribution in [1.82, 2.24) is 14.9 Å². The van der Waals surface area contributed by atoms with Crippen LogP contribution in [0.25, 0.3) is 22.5 Å². The fourth-order valence-electron chi connectivity index (χ4n) is 4.03. The highest BCUT2D eigenvalue weighted by Gasteiger charge is 2.20. The third-order valence-corrected chi connectivity index (χ3v) is 7.02. The van der Waals surface area contributed by atoms with Crippen molar-refractivity contribution in [2.24, 2.45) is 0 Å². The van der Waals surface area contributed by atoms with E-state index in [0.29, 0.717) is 12.1 Å². The standard InChI is InChI=1S/C30H33N3O2S/c1-3-4-21-33-28(24-14-9-6-10-15-24)27(23-12-7-5-8-13-23)32-30(33)36-22-11-20-31-29(34)25-16-18-26(35-2)19-17-25/h5-10,12-19H,3-4,11,20-22H2,1-2H3,(H,31,34). The van der Waals surface area contributed by atoms with Gasteiger partial charge in [0.05, 0.1) is 18.5 Å². The summed E-state index contributed by atoms with van der Waals surface area (Å²) in [4.78, 5) is 17.6. The summed E-state index contributed by atoms with van der Waals surface area (Å²) >= 11 is 1.76. The van der Waals surface area contributed by atoms with Gasteiger partial charge in [-0.2, -0.15) is 0 Å². The van der Waals surface area contributed by atoms with Gasteiger partial charge in [0.1, 0.15) is 5.75 Å². The van der Waals surface area contributed by atoms with Crippen LogP contribution in [0.5, 0.6) is 5.75 Å². The lowest BCUT2D eigenvalue weighted by Crippen LogP contribution is -2.24. The number of hydrogen-bond acceptors (Lipinski definition) is 4. The molecule has 4 aromatic rings. The Morgan fingerprint density at radius 3 is 2.22 bits per heavy atom. The molecule has 0 aliphatic rings. The summed E-state index contributed by atoms with van der Waals surface area (Å²) in [6.07, 6.45) is 3.07. The van der Waals surface area contributed by atoms with Crippen LogP contribution in [-0.4, -0.2) is 34.9 Å². The minimum absolute atomic E-state index is 0.0650. The number of nitrogens with zero attached hydrogens (tertiary/aromatic N) is 2. The van der Waals surface area contributed by atoms with E-state index in [-0.39, 0.29) is 5.91 Å². The Labute approximate surface area is 217 Å². The van der Waals surface area contributed by atoms with Gasteiger partial charge in [-0.15, -0.1) is 0 Å². The number of unbranched alkanes of at least 4 members (excludes halogenated alkanes) is 1. The van der Waals surface area contributed by atoms with Crippen LogP contribution in [0.2, 0.25) is 0 Å². The topological polar surface area (TPSA) is 56.2 Å². The third kappa shape index (κ3) is 6.38. The molecule has 0 aliphatic heterocycles. The molecule has 0 atom stereocenters. The molecule has 3 aromatic carbocycles. The zero-order valence-electron chi connectivity index (χ0n) is 20.9. The molecule has 4 rings (SSSR count). The number of benzene rings is 3. The van der Waals surface area contributed by atoms with Gasteiger partial charge in [-0.05, 0) is 37.1 Å². The van der Waals surface area contributed by atoms with Crippen molar-refractivity contribution in [2.75, 3.05) is 19.4 Å². The summed E-state index contributed by atoms with van der Waals surface area (Å²) in [6.45, 7) is 3.76. The zero-order chi connectivity index (χ0) is 25.2. The summed E-state index contributed by atoms with van der Waals surface area (Å²) in [5, 5.41) is 4.05. The molecule has 1 N–H and O–H groups in total. The number of aromatic nitrogens is 2. The average Bonchev–Trinajstić information content (AvgIpc) is 3.30. The smallest absolute Gasteiger partial charge is 0.251 e. The molecule has 0 saturated heterocycles. The van der Waals surface area contributed by atoms with E-state index in [0.717, 1.165) is 53.7 Å². The average molecular weight is 500 g/mol. The van der Waals surface area contributed by atoms with Crippen molar-refractivity contribution >= 4 is 17.7 Å². The minimum atomic E-state index is -0.0650. The molecule has 0 unspecified atom stereocenters. The van der Waals surface area contributed by atoms with Gasteiger partial charge in [0.25, 0.3) is 5.91 Å². The second-order valence-corrected chi connectivity index (χ2v) is 9.58. The molecule has 5 nitrogen and oxygen atoms in total. The normalized spacial score (nSPS) is 10.8. The molecular formula is C30H33N3O2S. The van der Waals surface area contributed by atoms with Crippen LogP contribution >= 0.6 is 11.8 Å². The summed E-state index contributed by atoms with van der Waals surface area (Å²) in [7, 11) is 1.62. The van der Waals surface area contributed by atoms with E-state index in [9.17, 15) is 4.79 Å². The van der Waals surface area contributed by atoms with E-state index in [1.807, 2.05) is 12.1 Å². The Kier molecular flexibility index (Phi) is 9.22. The van der Waals surface area contributed by atoms with Crippen LogP contribution in [0.4, 0.5) is 0 Å². The van der Waals surface area contributed by atoms with Gasteiger partial charge in [0.2, 0.25) is 0 Å². The maximum atomic E-state index is 12.4. The van der Waals surface area contributed by atoms with Gasteiger partial charge in [-0.3, -0.25) is 4.79 Å². The molecule has 1 aromatic heterocycles. The molecule has 0 radical (unpaired) electrons. The van der Waals surface area contributed by atoms with Gasteiger partial charge >= 0.3 is 0 Å². The molecule has 0 aliphatic carbocycles. The summed E-state index contributed by atoms with van der Waals surface area (Å²) < 4.78 is 7.54. The largest absolute Gasteiger partial charge is 0.497 e. The molecule has 1 amide bonds. The molecule has 0 spiro atoms. The summed E-state index contributed by atoms with van der Waals surface area (Å²) in [6, 6.07) is 28.1. The Bertz CT molecular complexity index is 1240. The fraction of sp³-hybridized carbons (Fsp3) is 0.267. The molecule has 6 heteroatoms. The number of methoxy groups -OCH3 is 1. The van der Waals surface area contributed by atoms with Gasteiger partial charge in [-0.25, -0.2) is 4.98 Å². The first-order chi connectivity index (χ1) is 17.7. The van der Waals surface area contributed by atoms with E-state index in [2.05, 4.69) is 65.3 Å². The number of imidazole rings is 1. The Morgan fingerprint density at radius 2 is 1.58 bits per heavy atom. The molecule has 0 bridgehead atoms. The van der Waals surface area contributed by atoms with E-state index in [1.54, 1.807) is 43.1 Å². The first kappa shape index (κ1) is 25.6. The lowest BCUT2D eigenvalue weighted by atomic mass is 10.0. The van der Waals surface area contributed by atoms with Crippen LogP contribution in [-0.2, 0) is 6.54 Å². The first-order valence-electron chi connectivity index (χ1n) is 12.5. The third-order valence-electron chi connectivity index (χ3n) is 5.95. The Balaban J connectivity index is 1.47. The predicted molar refractivity (Wildman–Crippen MR) is 149 cm³/mol. The number of ether oxygens (including phenoxy) is 1. The van der Waals surface area contributed by atoms with Crippen LogP contribution in [0, 0.1) is 0 Å². The first-order valence-corrected chi connectivity index (χ1v) is 13.5. The monoisotopic (exact) mass is 499 g/mol. The van der Waals surface area contributed by atoms with Crippen LogP contribution in [0.1, 0.15) is 36.5 Å². The van der Waals surface area contributed by atoms with Crippen molar-refractivity contribution in [2.45, 2.75) is 37.9 Å². The highest BCUT2D eigenvalue weighted by Crippen LogP contribution is 2.36. The van der Waals surface area contributed by atoms with Gasteiger partial charge in [0.15, 0.2) is 5.16 Å². The van der Waals surface area contributed by atoms with Crippen molar-refractivity contribution in [3.05, 3.63) is 90.5 Å². The van der Waals surface area contributed by atoms with Crippen molar-refractivity contribution < 1.29 is 9.53 Å². The summed E-state index contributed by atoms with van der Waals surface area (Å²) in [5.41, 5.74) is 5.14. The fourth-order valence-corrected chi connectivity index (χ4v) is 5.00. The number of thioether (sulfide) groups is 1. The molecular weight excluding hydrogens is 466 g/mol. The highest BCUT2D eigenvalue weighted by molar-refractivity contribution is 7.99. The van der Waals surface area contributed by atoms with E-state index in [1.165, 1.54) is 11.3 Å². The molecule has 0 fully saturated rings. The number of carbonyl (C=O) groups is 1. The second kappa shape index (κ2) is 13.0. The molecule has 1 heterocycles. The van der Waals surface area contributed by atoms with Gasteiger partial charge < -0.3 is 14.6 Å². The van der Waals surface area contributed by atoms with Crippen molar-refractivity contribution in [3.63, 3.8) is 0 Å². The number of rotatable bonds is 12. The van der Waals surface area contributed by atoms with E-state index in [4.69, 9.17) is 9.72 Å². The second-order valence-electron chi connectivity index (χ2n) is 8.52. The van der Waals surface area contributed by atoms with Crippen LogP contribution in [0.3, 0.4) is 0 Å². The highest BCUT2D eigenvalue weighted by atomic mass is 32.2. The Hall–Kier alpha value is -3.51. The molecule has 0 saturated carbocycles. The lowest BCUT2D eigenvalue weighted by Gasteiger charge is -2.13. The number of carbonyl (C=O) groups excluding carboxylic acids is 1. The zero-order valence-corrected chi connectivity index (χ0v) is 21.8. The Morgan fingerprint density at radius 1 is 0.917 bits per heavy atom. The predicted octanol–water partition coefficient (Wildman–Crippen LogP) is 6.94. The summed E-state index contributed by atoms with van der Waals surface area (Å²) in [5.74, 6) is 1.55. The minimum Gasteiger partial charge on any atom is -0.497 e. The number of hydrogen-bond donors (Lipinski definition) is 1. The molecule has 186 valence electrons. The maximum Gasteiger partial charge on any atom is 0.251 e. The number of nitrogens with one attached hydrogen (secondary N) is 1. The maximum absolute atomic E-state index is 12.4.